The Kier molecular flexibility index (Phi) is 12.7. The number of rotatable bonds is 13. The van der Waals surface area contributed by atoms with E-state index < -0.39 is 5.41 Å². The second kappa shape index (κ2) is 18.6. The van der Waals surface area contributed by atoms with Crippen molar-refractivity contribution in [1.82, 2.24) is 0 Å². The Balaban J connectivity index is 1.53. The molecule has 0 amide bonds. The molecule has 5 atom stereocenters. The molecule has 4 aromatic rings. The molecule has 0 heteroatoms. The maximum absolute atomic E-state index is 2.68. The number of hydrogen-bond donors (Lipinski definition) is 0. The van der Waals surface area contributed by atoms with Crippen LogP contribution in [0.15, 0.2) is 121 Å². The van der Waals surface area contributed by atoms with Gasteiger partial charge in [-0.2, -0.15) is 0 Å². The minimum Gasteiger partial charge on any atom is -0.0870 e. The molecule has 12 rings (SSSR count). The van der Waals surface area contributed by atoms with Gasteiger partial charge in [0, 0.05) is 10.8 Å². The fraction of sp³-hybridized carbons (Fsp3) is 0.412. The zero-order valence-electron chi connectivity index (χ0n) is 42.7. The van der Waals surface area contributed by atoms with Crippen molar-refractivity contribution in [2.45, 2.75) is 136 Å². The zero-order valence-corrected chi connectivity index (χ0v) is 42.7. The quantitative estimate of drug-likeness (QED) is 0.125. The minimum absolute atomic E-state index is 0.0143. The summed E-state index contributed by atoms with van der Waals surface area (Å²) in [6.07, 6.45) is 51.6. The number of benzene rings is 4. The maximum atomic E-state index is 2.68. The van der Waals surface area contributed by atoms with Gasteiger partial charge in [-0.05, 0) is 233 Å². The van der Waals surface area contributed by atoms with Gasteiger partial charge in [-0.15, -0.1) is 0 Å². The largest absolute Gasteiger partial charge is 0.0870 e. The highest BCUT2D eigenvalue weighted by atomic mass is 14.8. The van der Waals surface area contributed by atoms with Crippen LogP contribution in [-0.2, 0) is 10.8 Å². The van der Waals surface area contributed by atoms with Crippen molar-refractivity contribution in [3.63, 3.8) is 0 Å². The summed E-state index contributed by atoms with van der Waals surface area (Å²) in [6.45, 7) is 17.8. The van der Waals surface area contributed by atoms with Crippen molar-refractivity contribution in [1.29, 1.82) is 0 Å². The first-order chi connectivity index (χ1) is 33.3. The van der Waals surface area contributed by atoms with Gasteiger partial charge in [-0.25, -0.2) is 0 Å². The molecule has 0 radical (unpaired) electrons. The molecule has 68 heavy (non-hydrogen) atoms. The summed E-state index contributed by atoms with van der Waals surface area (Å²) in [6, 6.07) is 30.0. The van der Waals surface area contributed by atoms with Crippen LogP contribution in [0.3, 0.4) is 0 Å². The Labute approximate surface area is 411 Å². The molecule has 8 saturated carbocycles. The van der Waals surface area contributed by atoms with Gasteiger partial charge in [0.05, 0.1) is 0 Å². The van der Waals surface area contributed by atoms with E-state index >= 15 is 0 Å². The number of allylic oxidation sites excluding steroid dienone is 8. The SMILES string of the molecule is CC=Cc1cccc(C2C3CC4CC2(c2cccc(C=CC)c2C=CC)C(c2cccc(C=CC)c2C=CC)(c2cccc(C=CC)c2C=CC)C(C25CC6CC(CC(C6)C2)C5)(C4)C3)c1C=CC. The highest BCUT2D eigenvalue weighted by Gasteiger charge is 2.82. The lowest BCUT2D eigenvalue weighted by Crippen LogP contribution is -2.78. The summed E-state index contributed by atoms with van der Waals surface area (Å²) in [7, 11) is 0. The van der Waals surface area contributed by atoms with Crippen LogP contribution >= 0.6 is 0 Å². The van der Waals surface area contributed by atoms with Crippen LogP contribution in [0.4, 0.5) is 0 Å². The molecule has 0 heterocycles. The first-order valence-corrected chi connectivity index (χ1v) is 26.8. The van der Waals surface area contributed by atoms with E-state index in [1.54, 1.807) is 22.3 Å². The molecule has 0 saturated heterocycles. The van der Waals surface area contributed by atoms with Crippen molar-refractivity contribution in [3.05, 3.63) is 188 Å². The van der Waals surface area contributed by atoms with E-state index in [4.69, 9.17) is 0 Å². The third-order valence-electron chi connectivity index (χ3n) is 18.9. The lowest BCUT2D eigenvalue weighted by atomic mass is 9.21. The standard InChI is InChI=1S/C68H78/c1-9-21-51-29-17-33-60(56(51)25-13-5)64-55-40-50-44-66(46-55,65-41-47-37-48(42-65)39-49(38-47)43-65)68(62-35-19-31-53(23-11-3)58(62)27-15-7,63-36-20-32-54(24-12-4)59(63)28-16-8)67(64,45-50)61-34-18-30-52(22-10-2)57(61)26-14-6/h9-36,47-50,55,64H,37-46H2,1-8H3. The van der Waals surface area contributed by atoms with E-state index in [1.165, 1.54) is 102 Å². The van der Waals surface area contributed by atoms with Crippen molar-refractivity contribution in [2.24, 2.45) is 40.4 Å². The Morgan fingerprint density at radius 1 is 0.368 bits per heavy atom. The highest BCUT2D eigenvalue weighted by molar-refractivity contribution is 5.80. The summed E-state index contributed by atoms with van der Waals surface area (Å²) in [5.41, 5.74) is 16.6. The van der Waals surface area contributed by atoms with Crippen LogP contribution < -0.4 is 0 Å². The summed E-state index contributed by atoms with van der Waals surface area (Å²) in [5, 5.41) is 0. The second-order valence-corrected chi connectivity index (χ2v) is 22.2. The second-order valence-electron chi connectivity index (χ2n) is 22.2. The van der Waals surface area contributed by atoms with Crippen molar-refractivity contribution < 1.29 is 0 Å². The van der Waals surface area contributed by atoms with Crippen LogP contribution in [0.25, 0.3) is 48.6 Å². The number of hydrogen-bond acceptors (Lipinski definition) is 0. The van der Waals surface area contributed by atoms with Gasteiger partial charge in [0.15, 0.2) is 0 Å². The lowest BCUT2D eigenvalue weighted by molar-refractivity contribution is -0.250. The predicted octanol–water partition coefficient (Wildman–Crippen LogP) is 19.0. The van der Waals surface area contributed by atoms with E-state index in [0.717, 1.165) is 24.2 Å². The molecular weight excluding hydrogens is 817 g/mol. The molecule has 0 N–H and O–H groups in total. The monoisotopic (exact) mass is 895 g/mol. The Hall–Kier alpha value is -5.20. The van der Waals surface area contributed by atoms with Crippen LogP contribution in [-0.4, -0.2) is 0 Å². The maximum Gasteiger partial charge on any atom is 0.0379 e. The first kappa shape index (κ1) is 46.5. The van der Waals surface area contributed by atoms with E-state index in [9.17, 15) is 0 Å². The van der Waals surface area contributed by atoms with Gasteiger partial charge in [-0.3, -0.25) is 0 Å². The van der Waals surface area contributed by atoms with Crippen LogP contribution in [0.2, 0.25) is 0 Å². The molecule has 0 nitrogen and oxygen atoms in total. The van der Waals surface area contributed by atoms with E-state index in [-0.39, 0.29) is 22.2 Å². The highest BCUT2D eigenvalue weighted by Crippen LogP contribution is 2.87. The first-order valence-electron chi connectivity index (χ1n) is 26.8. The fourth-order valence-electron chi connectivity index (χ4n) is 18.2. The van der Waals surface area contributed by atoms with Crippen molar-refractivity contribution in [2.75, 3.05) is 0 Å². The molecule has 0 aromatic heterocycles. The molecule has 8 fully saturated rings. The van der Waals surface area contributed by atoms with Gasteiger partial charge in [0.1, 0.15) is 0 Å². The van der Waals surface area contributed by atoms with Gasteiger partial charge in [0.2, 0.25) is 0 Å². The van der Waals surface area contributed by atoms with E-state index in [0.29, 0.717) is 11.8 Å². The predicted molar refractivity (Wildman–Crippen MR) is 297 cm³/mol. The average Bonchev–Trinajstić information content (AvgIpc) is 3.32. The van der Waals surface area contributed by atoms with Crippen molar-refractivity contribution >= 4 is 48.6 Å². The molecule has 5 unspecified atom stereocenters. The molecule has 0 aliphatic heterocycles. The summed E-state index contributed by atoms with van der Waals surface area (Å²) in [5.74, 6) is 3.92. The normalized spacial score (nSPS) is 33.1. The molecule has 350 valence electrons. The molecule has 8 aliphatic carbocycles. The zero-order chi connectivity index (χ0) is 47.3. The van der Waals surface area contributed by atoms with Gasteiger partial charge >= 0.3 is 0 Å². The molecular formula is C68H78. The minimum atomic E-state index is -0.447. The Morgan fingerprint density at radius 2 is 0.765 bits per heavy atom. The summed E-state index contributed by atoms with van der Waals surface area (Å²) < 4.78 is 0. The molecule has 4 aromatic carbocycles. The Bertz CT molecular complexity index is 2680. The third kappa shape index (κ3) is 6.73. The Morgan fingerprint density at radius 3 is 1.22 bits per heavy atom. The van der Waals surface area contributed by atoms with Crippen LogP contribution in [0, 0.1) is 40.4 Å². The third-order valence-corrected chi connectivity index (χ3v) is 18.9. The lowest BCUT2D eigenvalue weighted by Gasteiger charge is -2.82. The van der Waals surface area contributed by atoms with E-state index in [2.05, 4.69) is 225 Å². The van der Waals surface area contributed by atoms with Gasteiger partial charge in [0.25, 0.3) is 0 Å². The average molecular weight is 895 g/mol. The van der Waals surface area contributed by atoms with Crippen LogP contribution in [0.5, 0.6) is 0 Å². The van der Waals surface area contributed by atoms with Gasteiger partial charge < -0.3 is 0 Å². The smallest absolute Gasteiger partial charge is 0.0379 e. The molecule has 0 spiro atoms. The molecule has 8 aliphatic rings. The van der Waals surface area contributed by atoms with E-state index in [1.807, 2.05) is 0 Å². The van der Waals surface area contributed by atoms with Crippen molar-refractivity contribution in [3.8, 4) is 0 Å². The fourth-order valence-corrected chi connectivity index (χ4v) is 18.2. The topological polar surface area (TPSA) is 0 Å². The molecule has 8 bridgehead atoms. The summed E-state index contributed by atoms with van der Waals surface area (Å²) >= 11 is 0. The van der Waals surface area contributed by atoms with Gasteiger partial charge in [-0.1, -0.05) is 170 Å². The van der Waals surface area contributed by atoms with Crippen LogP contribution in [0.1, 0.15) is 192 Å². The summed E-state index contributed by atoms with van der Waals surface area (Å²) in [4.78, 5) is 0.